The highest BCUT2D eigenvalue weighted by Gasteiger charge is 2.32. The van der Waals surface area contributed by atoms with Gasteiger partial charge in [0.25, 0.3) is 5.91 Å². The van der Waals surface area contributed by atoms with E-state index in [1.54, 1.807) is 49.4 Å². The Labute approximate surface area is 172 Å². The Kier molecular flexibility index (Phi) is 6.11. The van der Waals surface area contributed by atoms with Crippen LogP contribution in [0.4, 0.5) is 10.5 Å². The summed E-state index contributed by atoms with van der Waals surface area (Å²) in [7, 11) is 0. The Morgan fingerprint density at radius 3 is 2.54 bits per heavy atom. The maximum Gasteiger partial charge on any atom is 0.319 e. The Morgan fingerprint density at radius 2 is 1.89 bits per heavy atom. The molecule has 1 unspecified atom stereocenters. The summed E-state index contributed by atoms with van der Waals surface area (Å²) in [6.45, 7) is 4.13. The monoisotopic (exact) mass is 419 g/mol. The molecule has 8 heteroatoms. The first-order valence-electron chi connectivity index (χ1n) is 8.66. The van der Waals surface area contributed by atoms with Gasteiger partial charge in [0.15, 0.2) is 0 Å². The van der Waals surface area contributed by atoms with Gasteiger partial charge in [-0.25, -0.2) is 4.79 Å². The fourth-order valence-corrected chi connectivity index (χ4v) is 3.48. The van der Waals surface area contributed by atoms with E-state index in [2.05, 4.69) is 16.0 Å². The van der Waals surface area contributed by atoms with Gasteiger partial charge in [-0.2, -0.15) is 0 Å². The smallest absolute Gasteiger partial charge is 0.319 e. The highest BCUT2D eigenvalue weighted by Crippen LogP contribution is 2.33. The fraction of sp³-hybridized carbons (Fsp3) is 0.200. The second kappa shape index (κ2) is 8.54. The number of carbonyl (C=O) groups excluding carboxylic acids is 2. The van der Waals surface area contributed by atoms with Crippen LogP contribution in [-0.2, 0) is 4.79 Å². The molecule has 0 radical (unpaired) electrons. The van der Waals surface area contributed by atoms with Gasteiger partial charge in [-0.1, -0.05) is 29.3 Å². The number of nitrogens with one attached hydrogen (secondary N) is 3. The van der Waals surface area contributed by atoms with Crippen molar-refractivity contribution in [2.24, 2.45) is 0 Å². The van der Waals surface area contributed by atoms with Crippen LogP contribution in [0, 0.1) is 0 Å². The first-order valence-corrected chi connectivity index (χ1v) is 9.42. The summed E-state index contributed by atoms with van der Waals surface area (Å²) in [5.41, 5.74) is 1.99. The molecule has 3 rings (SSSR count). The van der Waals surface area contributed by atoms with Crippen molar-refractivity contribution in [1.82, 2.24) is 10.6 Å². The molecule has 146 valence electrons. The van der Waals surface area contributed by atoms with E-state index in [1.807, 2.05) is 6.92 Å². The number of urea groups is 1. The van der Waals surface area contributed by atoms with Crippen LogP contribution in [0.15, 0.2) is 53.7 Å². The molecule has 28 heavy (non-hydrogen) atoms. The number of allylic oxidation sites excluding steroid dienone is 1. The first kappa shape index (κ1) is 20.0. The maximum absolute atomic E-state index is 13.0. The highest BCUT2D eigenvalue weighted by atomic mass is 35.5. The van der Waals surface area contributed by atoms with Crippen molar-refractivity contribution in [3.8, 4) is 5.75 Å². The average Bonchev–Trinajstić information content (AvgIpc) is 2.63. The van der Waals surface area contributed by atoms with E-state index in [0.717, 1.165) is 0 Å². The topological polar surface area (TPSA) is 79.5 Å². The molecular weight excluding hydrogens is 401 g/mol. The minimum Gasteiger partial charge on any atom is -0.494 e. The summed E-state index contributed by atoms with van der Waals surface area (Å²) < 4.78 is 5.40. The summed E-state index contributed by atoms with van der Waals surface area (Å²) in [5.74, 6) is 0.360. The average molecular weight is 420 g/mol. The lowest BCUT2D eigenvalue weighted by Gasteiger charge is -2.29. The second-order valence-corrected chi connectivity index (χ2v) is 6.99. The quantitative estimate of drug-likeness (QED) is 0.659. The van der Waals surface area contributed by atoms with Gasteiger partial charge in [0.05, 0.1) is 18.2 Å². The number of halogens is 2. The predicted octanol–water partition coefficient (Wildman–Crippen LogP) is 4.66. The van der Waals surface area contributed by atoms with Gasteiger partial charge >= 0.3 is 6.03 Å². The summed E-state index contributed by atoms with van der Waals surface area (Å²) in [4.78, 5) is 25.0. The van der Waals surface area contributed by atoms with Crippen molar-refractivity contribution in [2.75, 3.05) is 11.9 Å². The van der Waals surface area contributed by atoms with Gasteiger partial charge in [0, 0.05) is 21.4 Å². The second-order valence-electron chi connectivity index (χ2n) is 6.15. The number of carbonyl (C=O) groups is 2. The highest BCUT2D eigenvalue weighted by molar-refractivity contribution is 6.35. The minimum absolute atomic E-state index is 0.356. The van der Waals surface area contributed by atoms with Crippen molar-refractivity contribution in [3.05, 3.63) is 69.3 Å². The molecule has 0 fully saturated rings. The minimum atomic E-state index is -0.707. The van der Waals surface area contributed by atoms with Gasteiger partial charge in [0.1, 0.15) is 5.75 Å². The van der Waals surface area contributed by atoms with Crippen LogP contribution in [0.2, 0.25) is 10.0 Å². The summed E-state index contributed by atoms with van der Waals surface area (Å²) in [6, 6.07) is 10.9. The van der Waals surface area contributed by atoms with E-state index < -0.39 is 12.1 Å². The van der Waals surface area contributed by atoms with Gasteiger partial charge in [0.2, 0.25) is 0 Å². The number of ether oxygens (including phenoxy) is 1. The molecule has 0 aliphatic carbocycles. The van der Waals surface area contributed by atoms with Crippen molar-refractivity contribution < 1.29 is 14.3 Å². The zero-order valence-electron chi connectivity index (χ0n) is 15.3. The molecule has 0 bridgehead atoms. The van der Waals surface area contributed by atoms with E-state index in [0.29, 0.717) is 44.9 Å². The third-order valence-corrected chi connectivity index (χ3v) is 4.77. The largest absolute Gasteiger partial charge is 0.494 e. The zero-order valence-corrected chi connectivity index (χ0v) is 16.8. The number of benzene rings is 2. The third kappa shape index (κ3) is 4.40. The molecule has 3 N–H and O–H groups in total. The molecule has 1 heterocycles. The van der Waals surface area contributed by atoms with Crippen molar-refractivity contribution in [2.45, 2.75) is 19.9 Å². The lowest BCUT2D eigenvalue weighted by molar-refractivity contribution is -0.113. The molecule has 0 aromatic heterocycles. The zero-order chi connectivity index (χ0) is 20.3. The molecule has 1 atom stereocenters. The molecule has 6 nitrogen and oxygen atoms in total. The van der Waals surface area contributed by atoms with Gasteiger partial charge in [-0.05, 0) is 55.8 Å². The predicted molar refractivity (Wildman–Crippen MR) is 110 cm³/mol. The van der Waals surface area contributed by atoms with E-state index in [-0.39, 0.29) is 5.91 Å². The number of hydrogen-bond acceptors (Lipinski definition) is 3. The van der Waals surface area contributed by atoms with Crippen molar-refractivity contribution in [1.29, 1.82) is 0 Å². The van der Waals surface area contributed by atoms with Crippen LogP contribution < -0.4 is 20.7 Å². The van der Waals surface area contributed by atoms with Crippen LogP contribution >= 0.6 is 23.2 Å². The lowest BCUT2D eigenvalue weighted by Crippen LogP contribution is -2.46. The molecular formula is C20H19Cl2N3O3. The van der Waals surface area contributed by atoms with Crippen LogP contribution in [-0.4, -0.2) is 18.5 Å². The summed E-state index contributed by atoms with van der Waals surface area (Å²) in [5, 5.41) is 9.05. The Morgan fingerprint density at radius 1 is 1.18 bits per heavy atom. The molecule has 3 amide bonds. The van der Waals surface area contributed by atoms with Crippen LogP contribution in [0.1, 0.15) is 25.5 Å². The number of amides is 3. The molecule has 1 aliphatic rings. The van der Waals surface area contributed by atoms with E-state index in [1.165, 1.54) is 0 Å². The standard InChI is InChI=1S/C20H19Cl2N3O3/c1-3-28-14-7-5-13(6-8-14)24-19(26)17-11(2)23-20(27)25-18(17)15-9-4-12(21)10-16(15)22/h4-10,18H,3H2,1-2H3,(H,24,26)(H2,23,25,27). The SMILES string of the molecule is CCOc1ccc(NC(=O)C2=C(C)NC(=O)NC2c2ccc(Cl)cc2Cl)cc1. The van der Waals surface area contributed by atoms with Crippen LogP contribution in [0.25, 0.3) is 0 Å². The third-order valence-electron chi connectivity index (χ3n) is 4.21. The fourth-order valence-electron chi connectivity index (χ4n) is 2.96. The molecule has 0 saturated heterocycles. The molecule has 1 aliphatic heterocycles. The normalized spacial score (nSPS) is 16.3. The molecule has 2 aromatic rings. The van der Waals surface area contributed by atoms with Gasteiger partial charge in [-0.3, -0.25) is 4.79 Å². The van der Waals surface area contributed by atoms with Crippen molar-refractivity contribution >= 4 is 40.8 Å². The number of hydrogen-bond donors (Lipinski definition) is 3. The first-order chi connectivity index (χ1) is 13.4. The Balaban J connectivity index is 1.90. The van der Waals surface area contributed by atoms with Crippen molar-refractivity contribution in [3.63, 3.8) is 0 Å². The molecule has 0 saturated carbocycles. The lowest BCUT2D eigenvalue weighted by atomic mass is 9.94. The van der Waals surface area contributed by atoms with E-state index >= 15 is 0 Å². The summed E-state index contributed by atoms with van der Waals surface area (Å²) >= 11 is 12.3. The molecule has 2 aromatic carbocycles. The van der Waals surface area contributed by atoms with Gasteiger partial charge in [-0.15, -0.1) is 0 Å². The van der Waals surface area contributed by atoms with Crippen LogP contribution in [0.3, 0.4) is 0 Å². The van der Waals surface area contributed by atoms with E-state index in [4.69, 9.17) is 27.9 Å². The van der Waals surface area contributed by atoms with Crippen LogP contribution in [0.5, 0.6) is 5.75 Å². The van der Waals surface area contributed by atoms with E-state index in [9.17, 15) is 9.59 Å². The Hall–Kier alpha value is -2.70. The molecule has 0 spiro atoms. The maximum atomic E-state index is 13.0. The summed E-state index contributed by atoms with van der Waals surface area (Å²) in [6.07, 6.45) is 0. The number of anilines is 1. The van der Waals surface area contributed by atoms with Gasteiger partial charge < -0.3 is 20.7 Å². The number of rotatable bonds is 5. The Bertz CT molecular complexity index is 942.